The number of nitrogens with one attached hydrogen (secondary N) is 2. The largest absolute Gasteiger partial charge is 0.383 e. The molecule has 5 nitrogen and oxygen atoms in total. The van der Waals surface area contributed by atoms with Gasteiger partial charge in [-0.3, -0.25) is 4.79 Å². The Morgan fingerprint density at radius 3 is 2.76 bits per heavy atom. The predicted molar refractivity (Wildman–Crippen MR) is 82.0 cm³/mol. The van der Waals surface area contributed by atoms with Gasteiger partial charge in [0.1, 0.15) is 11.6 Å². The first kappa shape index (κ1) is 15.5. The van der Waals surface area contributed by atoms with E-state index in [0.29, 0.717) is 10.7 Å². The lowest BCUT2D eigenvalue weighted by Gasteiger charge is -2.16. The zero-order valence-corrected chi connectivity index (χ0v) is 12.8. The molecule has 1 unspecified atom stereocenters. The number of H-pyrrole nitrogens is 1. The summed E-state index contributed by atoms with van der Waals surface area (Å²) in [6.07, 6.45) is 0. The molecule has 0 fully saturated rings. The molecule has 1 atom stereocenters. The van der Waals surface area contributed by atoms with Gasteiger partial charge in [-0.05, 0) is 44.2 Å². The van der Waals surface area contributed by atoms with Crippen LogP contribution in [0.25, 0.3) is 0 Å². The second-order valence-corrected chi connectivity index (χ2v) is 5.76. The van der Waals surface area contributed by atoms with Gasteiger partial charge in [0.15, 0.2) is 5.16 Å². The zero-order valence-electron chi connectivity index (χ0n) is 12.0. The van der Waals surface area contributed by atoms with E-state index in [9.17, 15) is 9.18 Å². The van der Waals surface area contributed by atoms with Crippen LogP contribution in [0.4, 0.5) is 10.2 Å². The van der Waals surface area contributed by atoms with Gasteiger partial charge in [0, 0.05) is 17.0 Å². The highest BCUT2D eigenvalue weighted by molar-refractivity contribution is 7.99. The Kier molecular flexibility index (Phi) is 4.64. The minimum atomic E-state index is -0.313. The van der Waals surface area contributed by atoms with Crippen molar-refractivity contribution in [2.45, 2.75) is 29.9 Å². The fraction of sp³-hybridized carbons (Fsp3) is 0.286. The molecule has 0 aliphatic heterocycles. The lowest BCUT2D eigenvalue weighted by molar-refractivity contribution is 0.594. The summed E-state index contributed by atoms with van der Waals surface area (Å²) >= 11 is 1.26. The van der Waals surface area contributed by atoms with E-state index in [4.69, 9.17) is 5.73 Å². The van der Waals surface area contributed by atoms with E-state index < -0.39 is 0 Å². The van der Waals surface area contributed by atoms with Crippen molar-refractivity contribution in [2.24, 2.45) is 0 Å². The van der Waals surface area contributed by atoms with Crippen LogP contribution in [0.3, 0.4) is 0 Å². The molecule has 0 saturated carbocycles. The lowest BCUT2D eigenvalue weighted by atomic mass is 10.1. The van der Waals surface area contributed by atoms with Crippen LogP contribution < -0.4 is 16.6 Å². The molecule has 7 heteroatoms. The summed E-state index contributed by atoms with van der Waals surface area (Å²) in [6.45, 7) is 3.63. The summed E-state index contributed by atoms with van der Waals surface area (Å²) in [5, 5.41) is 3.46. The van der Waals surface area contributed by atoms with Gasteiger partial charge in [0.25, 0.3) is 5.56 Å². The van der Waals surface area contributed by atoms with Gasteiger partial charge in [0.05, 0.1) is 0 Å². The monoisotopic (exact) mass is 308 g/mol. The first-order valence-corrected chi connectivity index (χ1v) is 7.24. The topological polar surface area (TPSA) is 83.8 Å². The third kappa shape index (κ3) is 3.62. The zero-order chi connectivity index (χ0) is 15.6. The smallest absolute Gasteiger partial charge is 0.253 e. The number of nitrogens with zero attached hydrogens (tertiary/aromatic N) is 1. The summed E-state index contributed by atoms with van der Waals surface area (Å²) in [5.74, 6) is -0.103. The number of benzene rings is 1. The number of nitrogens with two attached hydrogens (primary N) is 1. The molecule has 0 radical (unpaired) electrons. The van der Waals surface area contributed by atoms with Crippen molar-refractivity contribution in [1.29, 1.82) is 0 Å². The number of aryl methyl sites for hydroxylation is 1. The number of aromatic nitrogens is 2. The molecular formula is C14H17FN4OS. The average molecular weight is 308 g/mol. The minimum absolute atomic E-state index is 0.0321. The second-order valence-electron chi connectivity index (χ2n) is 4.73. The highest BCUT2D eigenvalue weighted by Gasteiger charge is 2.14. The van der Waals surface area contributed by atoms with Crippen LogP contribution in [0, 0.1) is 12.7 Å². The molecule has 1 aromatic carbocycles. The van der Waals surface area contributed by atoms with Crippen LogP contribution in [0.2, 0.25) is 0 Å². The molecule has 0 aliphatic rings. The van der Waals surface area contributed by atoms with E-state index in [-0.39, 0.29) is 23.2 Å². The molecule has 0 saturated heterocycles. The van der Waals surface area contributed by atoms with E-state index in [0.717, 1.165) is 10.5 Å². The van der Waals surface area contributed by atoms with Crippen LogP contribution in [0.15, 0.2) is 33.0 Å². The SMILES string of the molecule is CNC(C)c1cc(F)c(C)cc1Sc1nc(N)cc(=O)[nH]1. The maximum absolute atomic E-state index is 13.8. The van der Waals surface area contributed by atoms with E-state index in [2.05, 4.69) is 15.3 Å². The third-order valence-corrected chi connectivity index (χ3v) is 4.10. The Hall–Kier alpha value is -1.86. The van der Waals surface area contributed by atoms with Crippen LogP contribution in [-0.2, 0) is 0 Å². The molecule has 1 heterocycles. The Labute approximate surface area is 126 Å². The molecule has 0 bridgehead atoms. The second kappa shape index (κ2) is 6.28. The van der Waals surface area contributed by atoms with Crippen molar-refractivity contribution < 1.29 is 4.39 Å². The number of aromatic amines is 1. The van der Waals surface area contributed by atoms with Gasteiger partial charge >= 0.3 is 0 Å². The van der Waals surface area contributed by atoms with Crippen molar-refractivity contribution in [3.8, 4) is 0 Å². The Balaban J connectivity index is 2.47. The first-order valence-electron chi connectivity index (χ1n) is 6.42. The van der Waals surface area contributed by atoms with E-state index in [1.807, 2.05) is 6.92 Å². The Bertz CT molecular complexity index is 717. The Morgan fingerprint density at radius 1 is 1.43 bits per heavy atom. The van der Waals surface area contributed by atoms with Gasteiger partial charge in [-0.1, -0.05) is 11.8 Å². The molecular weight excluding hydrogens is 291 g/mol. The summed E-state index contributed by atoms with van der Waals surface area (Å²) in [7, 11) is 1.80. The third-order valence-electron chi connectivity index (χ3n) is 3.14. The fourth-order valence-electron chi connectivity index (χ4n) is 1.86. The first-order chi connectivity index (χ1) is 9.90. The molecule has 4 N–H and O–H groups in total. The molecule has 1 aromatic heterocycles. The minimum Gasteiger partial charge on any atom is -0.383 e. The van der Waals surface area contributed by atoms with Crippen LogP contribution in [-0.4, -0.2) is 17.0 Å². The van der Waals surface area contributed by atoms with Crippen LogP contribution in [0.1, 0.15) is 24.1 Å². The van der Waals surface area contributed by atoms with Crippen molar-refractivity contribution in [2.75, 3.05) is 12.8 Å². The van der Waals surface area contributed by atoms with Crippen molar-refractivity contribution in [3.63, 3.8) is 0 Å². The van der Waals surface area contributed by atoms with E-state index >= 15 is 0 Å². The number of rotatable bonds is 4. The van der Waals surface area contributed by atoms with Gasteiger partial charge < -0.3 is 16.0 Å². The molecule has 2 rings (SSSR count). The van der Waals surface area contributed by atoms with E-state index in [1.54, 1.807) is 20.0 Å². The predicted octanol–water partition coefficient (Wildman–Crippen LogP) is 2.23. The van der Waals surface area contributed by atoms with E-state index in [1.165, 1.54) is 23.9 Å². The normalized spacial score (nSPS) is 12.4. The van der Waals surface area contributed by atoms with Gasteiger partial charge in [0.2, 0.25) is 0 Å². The number of anilines is 1. The quantitative estimate of drug-likeness (QED) is 0.754. The van der Waals surface area contributed by atoms with Crippen LogP contribution in [0.5, 0.6) is 0 Å². The number of nitrogen functional groups attached to an aromatic ring is 1. The maximum atomic E-state index is 13.8. The molecule has 0 amide bonds. The van der Waals surface area contributed by atoms with Gasteiger partial charge in [-0.2, -0.15) is 0 Å². The van der Waals surface area contributed by atoms with Crippen molar-refractivity contribution in [3.05, 3.63) is 45.5 Å². The summed E-state index contributed by atoms with van der Waals surface area (Å²) in [5.41, 5.74) is 6.60. The number of hydrogen-bond donors (Lipinski definition) is 3. The standard InChI is InChI=1S/C14H17FN4OS/c1-7-4-11(9(5-10(7)15)8(2)17-3)21-14-18-12(16)6-13(20)19-14/h4-6,8,17H,1-3H3,(H3,16,18,19,20). The molecule has 21 heavy (non-hydrogen) atoms. The number of hydrogen-bond acceptors (Lipinski definition) is 5. The van der Waals surface area contributed by atoms with Gasteiger partial charge in [-0.15, -0.1) is 0 Å². The molecule has 112 valence electrons. The lowest BCUT2D eigenvalue weighted by Crippen LogP contribution is -2.14. The number of halogens is 1. The van der Waals surface area contributed by atoms with Crippen LogP contribution >= 0.6 is 11.8 Å². The van der Waals surface area contributed by atoms with Gasteiger partial charge in [-0.25, -0.2) is 9.37 Å². The summed E-state index contributed by atoms with van der Waals surface area (Å²) in [6, 6.07) is 4.43. The maximum Gasteiger partial charge on any atom is 0.253 e. The molecule has 0 aliphatic carbocycles. The molecule has 0 spiro atoms. The summed E-state index contributed by atoms with van der Waals surface area (Å²) < 4.78 is 13.8. The van der Waals surface area contributed by atoms with Crippen molar-refractivity contribution in [1.82, 2.24) is 15.3 Å². The molecule has 2 aromatic rings. The summed E-state index contributed by atoms with van der Waals surface area (Å²) in [4.78, 5) is 19.0. The van der Waals surface area contributed by atoms with Crippen molar-refractivity contribution >= 4 is 17.6 Å². The Morgan fingerprint density at radius 2 is 2.14 bits per heavy atom. The highest BCUT2D eigenvalue weighted by Crippen LogP contribution is 2.33. The average Bonchev–Trinajstić information content (AvgIpc) is 2.40. The fourth-order valence-corrected chi connectivity index (χ4v) is 2.96. The highest BCUT2D eigenvalue weighted by atomic mass is 32.2.